The number of unbranched alkanes of at least 4 members (excludes halogenated alkanes) is 5. The lowest BCUT2D eigenvalue weighted by atomic mass is 10.1. The summed E-state index contributed by atoms with van der Waals surface area (Å²) in [5.41, 5.74) is 2.51. The van der Waals surface area contributed by atoms with Gasteiger partial charge < -0.3 is 55.4 Å². The highest BCUT2D eigenvalue weighted by Crippen LogP contribution is 2.31. The van der Waals surface area contributed by atoms with E-state index in [0.717, 1.165) is 100 Å². The minimum Gasteiger partial charge on any atom is -0.748 e. The van der Waals surface area contributed by atoms with Gasteiger partial charge in [0, 0.05) is 61.3 Å². The van der Waals surface area contributed by atoms with Crippen molar-refractivity contribution in [3.63, 3.8) is 0 Å². The van der Waals surface area contributed by atoms with Crippen LogP contribution in [0.25, 0.3) is 0 Å². The third-order valence-electron chi connectivity index (χ3n) is 12.9. The fourth-order valence-electron chi connectivity index (χ4n) is 9.07. The highest BCUT2D eigenvalue weighted by molar-refractivity contribution is 7.86. The van der Waals surface area contributed by atoms with Crippen LogP contribution >= 0.6 is 0 Å². The van der Waals surface area contributed by atoms with Crippen LogP contribution in [0.15, 0.2) is 0 Å². The van der Waals surface area contributed by atoms with Crippen LogP contribution in [0, 0.1) is 0 Å². The number of carbonyl (C=O) groups is 3. The van der Waals surface area contributed by atoms with E-state index >= 15 is 0 Å². The summed E-state index contributed by atoms with van der Waals surface area (Å²) in [5.74, 6) is -0.151. The molecule has 1 aliphatic heterocycles. The molecule has 0 aromatic rings. The summed E-state index contributed by atoms with van der Waals surface area (Å²) in [6.45, 7) is 28.8. The zero-order chi connectivity index (χ0) is 63.7. The van der Waals surface area contributed by atoms with E-state index in [-0.39, 0.29) is 29.3 Å². The lowest BCUT2D eigenvalue weighted by Crippen LogP contribution is -2.50. The monoisotopic (exact) mass is 1340 g/mol. The van der Waals surface area contributed by atoms with Crippen LogP contribution in [0.1, 0.15) is 131 Å². The Balaban J connectivity index is -0.00000124. The molecule has 0 saturated carbocycles. The lowest BCUT2D eigenvalue weighted by molar-refractivity contribution is -0.890. The van der Waals surface area contributed by atoms with Crippen LogP contribution in [-0.4, -0.2) is 202 Å². The van der Waals surface area contributed by atoms with Crippen LogP contribution in [-0.2, 0) is 69.6 Å². The number of ether oxygens (including phenoxy) is 1. The first-order valence-corrected chi connectivity index (χ1v) is 52.6. The van der Waals surface area contributed by atoms with Crippen LogP contribution in [0.3, 0.4) is 0 Å². The van der Waals surface area contributed by atoms with Gasteiger partial charge in [-0.15, -0.1) is 0 Å². The number of carbonyl (C=O) groups excluding carboxylic acids is 3. The molecule has 0 bridgehead atoms. The van der Waals surface area contributed by atoms with Crippen molar-refractivity contribution in [3.05, 3.63) is 0 Å². The zero-order valence-electron chi connectivity index (χ0n) is 54.1. The largest absolute Gasteiger partial charge is 0.748 e. The van der Waals surface area contributed by atoms with Gasteiger partial charge in [-0.1, -0.05) is 34.1 Å². The van der Waals surface area contributed by atoms with E-state index in [0.29, 0.717) is 98.8 Å². The lowest BCUT2D eigenvalue weighted by Gasteiger charge is -2.37. The van der Waals surface area contributed by atoms with Gasteiger partial charge in [0.25, 0.3) is 44.9 Å². The van der Waals surface area contributed by atoms with Crippen molar-refractivity contribution >= 4 is 106 Å². The van der Waals surface area contributed by atoms with Gasteiger partial charge in [-0.2, -0.15) is 8.42 Å². The topological polar surface area (TPSA) is 275 Å². The van der Waals surface area contributed by atoms with Crippen molar-refractivity contribution in [2.24, 2.45) is 0 Å². The summed E-state index contributed by atoms with van der Waals surface area (Å²) in [4.78, 5) is 36.5. The average Bonchev–Trinajstić information content (AvgIpc) is 3.34. The zero-order valence-corrected chi connectivity index (χ0v) is 63.7. The molecule has 2 amide bonds. The van der Waals surface area contributed by atoms with E-state index in [1.807, 2.05) is 27.7 Å². The molecule has 0 spiro atoms. The van der Waals surface area contributed by atoms with Gasteiger partial charge in [-0.25, -0.2) is 8.42 Å². The van der Waals surface area contributed by atoms with Crippen LogP contribution in [0.4, 0.5) is 0 Å². The molecule has 1 aliphatic rings. The smallest absolute Gasteiger partial charge is 0.302 e. The number of esters is 1. The number of nitrogens with zero attached hydrogens (tertiary/aromatic N) is 2. The third kappa shape index (κ3) is 54.4. The minimum absolute atomic E-state index is 0.0419. The van der Waals surface area contributed by atoms with E-state index in [4.69, 9.17) is 8.23 Å². The Morgan fingerprint density at radius 2 is 1.01 bits per heavy atom. The standard InChI is InChI=1S/C24H54N2O7SSi4.C20H46N2O4Si4.C4H8O3S.C4H8O2/c1-8-35(31)22-38(23-36(32)9-2,33-37(5,6)7)21-15-17-25-24(27)16-11-10-12-18-26(3,4)19-13-14-20-34(28,29)30;1-8-27(24)18-30(19-28(25)9-2,26-29(5,6)7)17-13-15-21-20(23)14-11-10-12-16-22(3)4;5-8(6)4-2-1-3-7-8;1-3-6-4(2)5/h8-23H2,1-7H3,(H-,25,27,28,29,30);8-19H2,1-7H3,(H,21,23);1-4H2;3H2,1-2H3. The molecular weight excluding hydrogens is 1230 g/mol. The van der Waals surface area contributed by atoms with Crippen LogP contribution in [0.5, 0.6) is 0 Å². The molecule has 30 heteroatoms. The number of nitrogens with one attached hydrogen (secondary N) is 2. The van der Waals surface area contributed by atoms with Gasteiger partial charge in [0.2, 0.25) is 11.8 Å². The van der Waals surface area contributed by atoms with Gasteiger partial charge in [0.05, 0.1) is 56.3 Å². The van der Waals surface area contributed by atoms with Crippen LogP contribution < -0.4 is 10.6 Å². The molecular formula is C52H116N4O16S2Si8. The number of rotatable bonds is 42. The van der Waals surface area contributed by atoms with Gasteiger partial charge >= 0.3 is 5.97 Å². The van der Waals surface area contributed by atoms with E-state index < -0.39 is 88.2 Å². The first-order chi connectivity index (χ1) is 37.8. The molecule has 0 unspecified atom stereocenters. The maximum atomic E-state index is 12.6. The van der Waals surface area contributed by atoms with Gasteiger partial charge in [-0.05, 0) is 174 Å². The second-order valence-corrected chi connectivity index (χ2v) is 56.4. The van der Waals surface area contributed by atoms with Crippen molar-refractivity contribution in [1.82, 2.24) is 15.5 Å². The fraction of sp³-hybridized carbons (Fsp3) is 0.942. The highest BCUT2D eigenvalue weighted by atomic mass is 32.2. The molecule has 0 radical (unpaired) electrons. The molecule has 484 valence electrons. The summed E-state index contributed by atoms with van der Waals surface area (Å²) in [6.07, 6.45) is 11.2. The molecule has 0 aromatic carbocycles. The molecule has 0 aliphatic carbocycles. The van der Waals surface area contributed by atoms with Crippen molar-refractivity contribution < 1.29 is 75.3 Å². The Morgan fingerprint density at radius 1 is 0.622 bits per heavy atom. The molecule has 82 heavy (non-hydrogen) atoms. The molecule has 1 rings (SSSR count). The Hall–Kier alpha value is -0.995. The molecule has 1 saturated heterocycles. The first kappa shape index (κ1) is 85.2. The minimum atomic E-state index is -4.13. The number of amides is 2. The Labute approximate surface area is 508 Å². The SMILES string of the molecule is CCOC(C)=O.CC[Si](=O)C[Si](CCCNC(=O)CCCCCN(C)C)(C[Si](=O)CC)O[Si](C)(C)C.CC[Si](=O)C[Si](CCCNC(=O)CCCCC[N+](C)(C)CCCCS(=O)(=O)[O-])(C[Si](=O)CC)O[Si](C)(C)C.O=S1(=O)CCCCO1. The Bertz CT molecular complexity index is 2030. The second kappa shape index (κ2) is 46.2. The number of quaternary nitrogens is 1. The van der Waals surface area contributed by atoms with E-state index in [1.54, 1.807) is 6.92 Å². The molecule has 20 nitrogen and oxygen atoms in total. The molecule has 1 fully saturated rings. The summed E-state index contributed by atoms with van der Waals surface area (Å²) < 4.78 is 126. The Morgan fingerprint density at radius 3 is 1.29 bits per heavy atom. The summed E-state index contributed by atoms with van der Waals surface area (Å²) in [5, 5.41) is 6.07. The molecule has 0 aromatic heterocycles. The van der Waals surface area contributed by atoms with Crippen molar-refractivity contribution in [2.75, 3.05) is 85.6 Å². The predicted molar refractivity (Wildman–Crippen MR) is 345 cm³/mol. The van der Waals surface area contributed by atoms with E-state index in [1.165, 1.54) is 6.92 Å². The molecule has 0 atom stereocenters. The number of hydrogen-bond donors (Lipinski definition) is 2. The average molecular weight is 1340 g/mol. The summed E-state index contributed by atoms with van der Waals surface area (Å²) in [6, 6.07) is 4.31. The maximum Gasteiger partial charge on any atom is 0.302 e. The highest BCUT2D eigenvalue weighted by Gasteiger charge is 2.43. The van der Waals surface area contributed by atoms with Gasteiger partial charge in [0.15, 0.2) is 33.3 Å². The first-order valence-electron chi connectivity index (χ1n) is 30.2. The summed E-state index contributed by atoms with van der Waals surface area (Å²) >= 11 is 0. The van der Waals surface area contributed by atoms with E-state index in [9.17, 15) is 53.6 Å². The molecule has 2 N–H and O–H groups in total. The predicted octanol–water partition coefficient (Wildman–Crippen LogP) is 9.28. The fourth-order valence-corrected chi connectivity index (χ4v) is 48.9. The van der Waals surface area contributed by atoms with Crippen molar-refractivity contribution in [1.29, 1.82) is 0 Å². The van der Waals surface area contributed by atoms with Gasteiger partial charge in [-0.3, -0.25) is 18.6 Å². The van der Waals surface area contributed by atoms with Crippen LogP contribution in [0.2, 0.25) is 98.2 Å². The number of hydrogen-bond acceptors (Lipinski definition) is 17. The Kier molecular flexibility index (Phi) is 48.0. The summed E-state index contributed by atoms with van der Waals surface area (Å²) in [7, 11) is -14.3. The second-order valence-electron chi connectivity index (χ2n) is 24.5. The third-order valence-corrected chi connectivity index (χ3v) is 45.7. The van der Waals surface area contributed by atoms with Gasteiger partial charge in [0.1, 0.15) is 0 Å². The quantitative estimate of drug-likeness (QED) is 0.0144. The van der Waals surface area contributed by atoms with E-state index in [2.05, 4.69) is 91.9 Å². The normalized spacial score (nSPS) is 13.7. The van der Waals surface area contributed by atoms with Crippen molar-refractivity contribution in [3.8, 4) is 0 Å². The molecule has 1 heterocycles. The maximum absolute atomic E-state index is 12.6. The van der Waals surface area contributed by atoms with Crippen molar-refractivity contribution in [2.45, 2.75) is 230 Å².